The molecule has 1 unspecified atom stereocenters. The molecule has 0 radical (unpaired) electrons. The van der Waals surface area contributed by atoms with E-state index in [1.54, 1.807) is 11.3 Å². The predicted octanol–water partition coefficient (Wildman–Crippen LogP) is 14.3. The van der Waals surface area contributed by atoms with Crippen LogP contribution >= 0.6 is 11.3 Å². The van der Waals surface area contributed by atoms with Gasteiger partial charge in [-0.05, 0) is 82.4 Å². The molecule has 0 aliphatic carbocycles. The molecule has 1 N–H and O–H groups in total. The summed E-state index contributed by atoms with van der Waals surface area (Å²) in [5.41, 5.74) is 12.8. The molecule has 0 spiro atoms. The molecule has 0 bridgehead atoms. The number of pyridine rings is 1. The highest BCUT2D eigenvalue weighted by molar-refractivity contribution is 7.25. The van der Waals surface area contributed by atoms with E-state index < -0.39 is 0 Å². The summed E-state index contributed by atoms with van der Waals surface area (Å²) >= 11 is 1.75. The number of thiophene rings is 1. The highest BCUT2D eigenvalue weighted by atomic mass is 32.1. The Morgan fingerprint density at radius 3 is 2.02 bits per heavy atom. The Morgan fingerprint density at radius 1 is 0.492 bits per heavy atom. The molecule has 63 heavy (non-hydrogen) atoms. The van der Waals surface area contributed by atoms with Crippen molar-refractivity contribution < 1.29 is 4.42 Å². The molecule has 0 amide bonds. The van der Waals surface area contributed by atoms with Crippen molar-refractivity contribution in [3.63, 3.8) is 0 Å². The van der Waals surface area contributed by atoms with Crippen LogP contribution in [0.5, 0.6) is 0 Å². The Kier molecular flexibility index (Phi) is 8.04. The molecule has 1 aliphatic heterocycles. The van der Waals surface area contributed by atoms with E-state index in [0.29, 0.717) is 5.84 Å². The molecular weight excluding hydrogens is 791 g/mol. The zero-order chi connectivity index (χ0) is 41.4. The number of hydrogen-bond donors (Lipinski definition) is 1. The molecule has 0 fully saturated rings. The lowest BCUT2D eigenvalue weighted by Crippen LogP contribution is -2.33. The van der Waals surface area contributed by atoms with E-state index in [1.165, 1.54) is 21.0 Å². The van der Waals surface area contributed by atoms with E-state index in [2.05, 4.69) is 174 Å². The van der Waals surface area contributed by atoms with Crippen molar-refractivity contribution in [3.05, 3.63) is 217 Å². The second-order valence-corrected chi connectivity index (χ2v) is 17.1. The highest BCUT2D eigenvalue weighted by Gasteiger charge is 2.24. The summed E-state index contributed by atoms with van der Waals surface area (Å²) in [4.78, 5) is 15.3. The minimum atomic E-state index is -0.326. The lowest BCUT2D eigenvalue weighted by molar-refractivity contribution is 0.669. The largest absolute Gasteiger partial charge is 0.456 e. The quantitative estimate of drug-likeness (QED) is 0.182. The normalized spacial score (nSPS) is 14.2. The van der Waals surface area contributed by atoms with Crippen LogP contribution in [0.1, 0.15) is 22.9 Å². The van der Waals surface area contributed by atoms with Crippen LogP contribution < -0.4 is 5.32 Å². The number of rotatable bonds is 6. The lowest BCUT2D eigenvalue weighted by Gasteiger charge is -2.24. The summed E-state index contributed by atoms with van der Waals surface area (Å²) in [6.07, 6.45) is 3.57. The Morgan fingerprint density at radius 2 is 1.16 bits per heavy atom. The highest BCUT2D eigenvalue weighted by Crippen LogP contribution is 2.41. The van der Waals surface area contributed by atoms with Gasteiger partial charge in [-0.3, -0.25) is 4.98 Å². The number of nitrogens with zero attached hydrogens (tertiary/aromatic N) is 4. The minimum absolute atomic E-state index is 0.326. The van der Waals surface area contributed by atoms with E-state index in [9.17, 15) is 0 Å². The van der Waals surface area contributed by atoms with E-state index in [4.69, 9.17) is 19.4 Å². The van der Waals surface area contributed by atoms with E-state index in [-0.39, 0.29) is 6.17 Å². The third kappa shape index (κ3) is 5.89. The maximum atomic E-state index is 6.19. The standard InChI is InChI=1S/C56H35N5OS/c1-3-11-34(12-4-1)35-19-21-37(22-20-35)55-58-54(36-13-5-2-6-14-36)59-56(60-55)46-32-57-33-52-53(46)45-30-39(24-28-51(45)63-52)38-23-26-48-43(29-38)41-15-7-9-17-47(41)61(48)40-25-27-50-44(31-40)42-16-8-10-18-49(42)62-50/h1-33,54H,(H,58,59,60). The van der Waals surface area contributed by atoms with Crippen LogP contribution in [0.2, 0.25) is 0 Å². The van der Waals surface area contributed by atoms with Crippen LogP contribution in [-0.2, 0) is 0 Å². The lowest BCUT2D eigenvalue weighted by atomic mass is 9.99. The Balaban J connectivity index is 0.933. The zero-order valence-corrected chi connectivity index (χ0v) is 34.6. The second-order valence-electron chi connectivity index (χ2n) is 16.1. The van der Waals surface area contributed by atoms with Gasteiger partial charge in [0.05, 0.1) is 15.7 Å². The molecule has 8 aromatic carbocycles. The summed E-state index contributed by atoms with van der Waals surface area (Å²) in [6.45, 7) is 0. The maximum absolute atomic E-state index is 6.19. The summed E-state index contributed by atoms with van der Waals surface area (Å²) < 4.78 is 10.9. The topological polar surface area (TPSA) is 67.7 Å². The molecule has 1 atom stereocenters. The number of benzene rings is 8. The summed E-state index contributed by atoms with van der Waals surface area (Å²) in [5.74, 6) is 1.43. The number of fused-ring (bicyclic) bond motifs is 9. The Hall–Kier alpha value is -8.13. The molecule has 6 nitrogen and oxygen atoms in total. The third-order valence-electron chi connectivity index (χ3n) is 12.4. The fraction of sp³-hybridized carbons (Fsp3) is 0.0179. The van der Waals surface area contributed by atoms with Gasteiger partial charge in [-0.2, -0.15) is 0 Å². The van der Waals surface area contributed by atoms with Crippen molar-refractivity contribution in [2.75, 3.05) is 0 Å². The number of aliphatic imine (C=N–C) groups is 2. The summed E-state index contributed by atoms with van der Waals surface area (Å²) in [7, 11) is 0. The van der Waals surface area contributed by atoms with E-state index in [0.717, 1.165) is 93.3 Å². The average molecular weight is 826 g/mol. The fourth-order valence-corrected chi connectivity index (χ4v) is 10.4. The van der Waals surface area contributed by atoms with Crippen LogP contribution in [0.25, 0.3) is 91.9 Å². The third-order valence-corrected chi connectivity index (χ3v) is 13.5. The van der Waals surface area contributed by atoms with Crippen LogP contribution in [0.3, 0.4) is 0 Å². The van der Waals surface area contributed by atoms with Gasteiger partial charge in [0.15, 0.2) is 5.84 Å². The first-order valence-corrected chi connectivity index (χ1v) is 21.9. The number of furan rings is 1. The van der Waals surface area contributed by atoms with Gasteiger partial charge >= 0.3 is 0 Å². The zero-order valence-electron chi connectivity index (χ0n) is 33.7. The van der Waals surface area contributed by atoms with E-state index >= 15 is 0 Å². The molecule has 296 valence electrons. The Labute approximate surface area is 365 Å². The predicted molar refractivity (Wildman–Crippen MR) is 261 cm³/mol. The number of aromatic nitrogens is 2. The SMILES string of the molecule is c1ccc(-c2ccc(C3=NC(c4cncc5sc6ccc(-c7ccc8c(c7)c7ccccc7n8-c7ccc8oc9ccccc9c8c7)cc6c45)=NC(c4ccccc4)N3)cc2)cc1. The van der Waals surface area contributed by atoms with Crippen molar-refractivity contribution in [2.45, 2.75) is 6.17 Å². The van der Waals surface area contributed by atoms with Gasteiger partial charge in [0, 0.05) is 66.2 Å². The van der Waals surface area contributed by atoms with Gasteiger partial charge in [-0.25, -0.2) is 9.98 Å². The van der Waals surface area contributed by atoms with Gasteiger partial charge in [0.25, 0.3) is 0 Å². The van der Waals surface area contributed by atoms with Crippen molar-refractivity contribution in [3.8, 4) is 27.9 Å². The van der Waals surface area contributed by atoms with Crippen LogP contribution in [0.4, 0.5) is 0 Å². The van der Waals surface area contributed by atoms with E-state index in [1.807, 2.05) is 36.7 Å². The number of nitrogens with one attached hydrogen (secondary N) is 1. The van der Waals surface area contributed by atoms with Crippen LogP contribution in [0.15, 0.2) is 215 Å². The molecule has 5 heterocycles. The van der Waals surface area contributed by atoms with Gasteiger partial charge in [-0.1, -0.05) is 133 Å². The first kappa shape index (κ1) is 35.6. The number of hydrogen-bond acceptors (Lipinski definition) is 6. The second kappa shape index (κ2) is 14.2. The van der Waals surface area contributed by atoms with Crippen LogP contribution in [0, 0.1) is 0 Å². The average Bonchev–Trinajstić information content (AvgIpc) is 4.03. The fourth-order valence-electron chi connectivity index (χ4n) is 9.34. The van der Waals surface area contributed by atoms with Gasteiger partial charge < -0.3 is 14.3 Å². The molecule has 12 aromatic rings. The van der Waals surface area contributed by atoms with Crippen molar-refractivity contribution >= 4 is 86.9 Å². The van der Waals surface area contributed by atoms with Gasteiger partial charge in [0.2, 0.25) is 0 Å². The molecular formula is C56H35N5OS. The smallest absolute Gasteiger partial charge is 0.161 e. The summed E-state index contributed by atoms with van der Waals surface area (Å²) in [6, 6.07) is 66.6. The monoisotopic (exact) mass is 825 g/mol. The molecule has 13 rings (SSSR count). The molecule has 7 heteroatoms. The first-order valence-electron chi connectivity index (χ1n) is 21.1. The first-order chi connectivity index (χ1) is 31.2. The number of amidine groups is 2. The van der Waals surface area contributed by atoms with Gasteiger partial charge in [0.1, 0.15) is 23.2 Å². The Bertz CT molecular complexity index is 3820. The minimum Gasteiger partial charge on any atom is -0.456 e. The van der Waals surface area contributed by atoms with Gasteiger partial charge in [-0.15, -0.1) is 11.3 Å². The van der Waals surface area contributed by atoms with Crippen molar-refractivity contribution in [1.29, 1.82) is 0 Å². The maximum Gasteiger partial charge on any atom is 0.161 e. The number of para-hydroxylation sites is 2. The molecule has 1 aliphatic rings. The molecule has 0 saturated heterocycles. The van der Waals surface area contributed by atoms with Crippen molar-refractivity contribution in [1.82, 2.24) is 14.9 Å². The molecule has 4 aromatic heterocycles. The summed E-state index contributed by atoms with van der Waals surface area (Å²) in [5, 5.41) is 10.6. The van der Waals surface area contributed by atoms with Crippen molar-refractivity contribution in [2.24, 2.45) is 9.98 Å². The van der Waals surface area contributed by atoms with Crippen LogP contribution in [-0.4, -0.2) is 21.2 Å². The molecule has 0 saturated carbocycles.